The molecule has 0 N–H and O–H groups in total. The molecule has 1 aliphatic heterocycles. The predicted octanol–water partition coefficient (Wildman–Crippen LogP) is 4.88. The van der Waals surface area contributed by atoms with Gasteiger partial charge in [0.1, 0.15) is 6.04 Å². The number of aromatic nitrogens is 5. The number of hydrogen-bond acceptors (Lipinski definition) is 6. The number of carbonyl (C=O) groups excluding carboxylic acids is 1. The van der Waals surface area contributed by atoms with E-state index in [0.717, 1.165) is 31.5 Å². The van der Waals surface area contributed by atoms with Gasteiger partial charge in [-0.3, -0.25) is 14.2 Å². The Morgan fingerprint density at radius 1 is 1.13 bits per heavy atom. The van der Waals surface area contributed by atoms with Gasteiger partial charge >= 0.3 is 0 Å². The van der Waals surface area contributed by atoms with Crippen molar-refractivity contribution in [2.75, 3.05) is 20.1 Å². The molecule has 8 nitrogen and oxygen atoms in total. The predicted molar refractivity (Wildman–Crippen MR) is 148 cm³/mol. The van der Waals surface area contributed by atoms with Gasteiger partial charge in [-0.2, -0.15) is 0 Å². The van der Waals surface area contributed by atoms with Gasteiger partial charge in [0.25, 0.3) is 5.56 Å². The SMILES string of the molecule is CN1CCC(CCC(=O)[C@H](Cc2ccccc2)n2cnc(-c3cc(Cl)ccc3-n3cc(Cl)nn3)cc2=O)C1. The first-order valence-corrected chi connectivity index (χ1v) is 13.3. The normalized spacial score (nSPS) is 16.6. The van der Waals surface area contributed by atoms with Crippen LogP contribution < -0.4 is 5.56 Å². The molecular formula is C28H28Cl2N6O2. The Hall–Kier alpha value is -3.33. The molecule has 1 unspecified atom stereocenters. The monoisotopic (exact) mass is 550 g/mol. The van der Waals surface area contributed by atoms with E-state index in [-0.39, 0.29) is 16.5 Å². The van der Waals surface area contributed by atoms with Crippen molar-refractivity contribution in [1.82, 2.24) is 29.4 Å². The van der Waals surface area contributed by atoms with Gasteiger partial charge in [-0.25, -0.2) is 9.67 Å². The van der Waals surface area contributed by atoms with Gasteiger partial charge < -0.3 is 4.90 Å². The van der Waals surface area contributed by atoms with E-state index in [1.165, 1.54) is 21.6 Å². The molecule has 4 aromatic rings. The molecule has 1 aliphatic rings. The van der Waals surface area contributed by atoms with Crippen molar-refractivity contribution in [3.8, 4) is 16.9 Å². The van der Waals surface area contributed by atoms with Crippen LogP contribution in [0, 0.1) is 5.92 Å². The van der Waals surface area contributed by atoms with Crippen molar-refractivity contribution < 1.29 is 4.79 Å². The van der Waals surface area contributed by atoms with E-state index < -0.39 is 6.04 Å². The molecule has 0 saturated carbocycles. The summed E-state index contributed by atoms with van der Waals surface area (Å²) >= 11 is 12.2. The van der Waals surface area contributed by atoms with Gasteiger partial charge in [0.05, 0.1) is 23.9 Å². The summed E-state index contributed by atoms with van der Waals surface area (Å²) in [4.78, 5) is 33.9. The Kier molecular flexibility index (Phi) is 8.02. The standard InChI is InChI=1S/C28H28Cl2N6O2/c1-34-12-11-20(16-34)7-10-26(37)25(13-19-5-3-2-4-6-19)35-18-31-23(15-28(35)38)22-14-21(29)8-9-24(22)36-17-27(30)32-33-36/h2-6,8-9,14-15,17-18,20,25H,7,10-13,16H2,1H3/t20?,25-/m0/s1. The Balaban J connectivity index is 1.46. The molecule has 38 heavy (non-hydrogen) atoms. The molecule has 5 rings (SSSR count). The maximum atomic E-state index is 13.5. The van der Waals surface area contributed by atoms with E-state index in [4.69, 9.17) is 23.2 Å². The number of halogens is 2. The third kappa shape index (κ3) is 6.04. The fourth-order valence-corrected chi connectivity index (χ4v) is 5.34. The van der Waals surface area contributed by atoms with Crippen molar-refractivity contribution in [1.29, 1.82) is 0 Å². The first kappa shape index (κ1) is 26.3. The average Bonchev–Trinajstić information content (AvgIpc) is 3.54. The number of likely N-dealkylation sites (tertiary alicyclic amines) is 1. The summed E-state index contributed by atoms with van der Waals surface area (Å²) in [5.74, 6) is 0.547. The number of nitrogens with zero attached hydrogens (tertiary/aromatic N) is 6. The van der Waals surface area contributed by atoms with Crippen molar-refractivity contribution in [3.05, 3.63) is 93.2 Å². The van der Waals surface area contributed by atoms with Gasteiger partial charge in [0.2, 0.25) is 0 Å². The minimum absolute atomic E-state index is 0.0424. The lowest BCUT2D eigenvalue weighted by molar-refractivity contribution is -0.122. The molecule has 2 aromatic heterocycles. The molecule has 2 aromatic carbocycles. The highest BCUT2D eigenvalue weighted by Crippen LogP contribution is 2.29. The first-order chi connectivity index (χ1) is 18.4. The van der Waals surface area contributed by atoms with Crippen LogP contribution in [0.2, 0.25) is 10.2 Å². The van der Waals surface area contributed by atoms with Gasteiger partial charge in [0, 0.05) is 36.0 Å². The molecule has 1 fully saturated rings. The lowest BCUT2D eigenvalue weighted by atomic mass is 9.95. The van der Waals surface area contributed by atoms with Crippen LogP contribution >= 0.6 is 23.2 Å². The zero-order chi connectivity index (χ0) is 26.6. The fraction of sp³-hybridized carbons (Fsp3) is 0.321. The summed E-state index contributed by atoms with van der Waals surface area (Å²) in [6, 6.07) is 15.7. The van der Waals surface area contributed by atoms with E-state index in [2.05, 4.69) is 27.2 Å². The van der Waals surface area contributed by atoms with Crippen LogP contribution in [0.25, 0.3) is 16.9 Å². The third-order valence-electron chi connectivity index (χ3n) is 7.05. The molecule has 3 heterocycles. The molecule has 0 aliphatic carbocycles. The van der Waals surface area contributed by atoms with Gasteiger partial charge in [0.15, 0.2) is 10.9 Å². The lowest BCUT2D eigenvalue weighted by Gasteiger charge is -2.20. The third-order valence-corrected chi connectivity index (χ3v) is 7.46. The van der Waals surface area contributed by atoms with E-state index in [1.54, 1.807) is 24.4 Å². The number of Topliss-reactive ketones (excluding diaryl/α,β-unsaturated/α-hetero) is 1. The highest BCUT2D eigenvalue weighted by atomic mass is 35.5. The van der Waals surface area contributed by atoms with Crippen LogP contribution in [0.4, 0.5) is 0 Å². The van der Waals surface area contributed by atoms with Gasteiger partial charge in [-0.1, -0.05) is 58.7 Å². The Morgan fingerprint density at radius 2 is 1.95 bits per heavy atom. The zero-order valence-corrected chi connectivity index (χ0v) is 22.5. The highest BCUT2D eigenvalue weighted by molar-refractivity contribution is 6.31. The first-order valence-electron chi connectivity index (χ1n) is 12.6. The number of rotatable bonds is 9. The summed E-state index contributed by atoms with van der Waals surface area (Å²) in [5, 5.41) is 8.58. The van der Waals surface area contributed by atoms with Gasteiger partial charge in [-0.05, 0) is 56.1 Å². The minimum Gasteiger partial charge on any atom is -0.306 e. The Bertz CT molecular complexity index is 1490. The Morgan fingerprint density at radius 3 is 2.63 bits per heavy atom. The summed E-state index contributed by atoms with van der Waals surface area (Å²) in [5.41, 5.74) is 2.31. The van der Waals surface area contributed by atoms with E-state index >= 15 is 0 Å². The van der Waals surface area contributed by atoms with E-state index in [9.17, 15) is 9.59 Å². The van der Waals surface area contributed by atoms with Crippen molar-refractivity contribution >= 4 is 29.0 Å². The van der Waals surface area contributed by atoms with Crippen molar-refractivity contribution in [3.63, 3.8) is 0 Å². The second-order valence-electron chi connectivity index (χ2n) is 9.79. The van der Waals surface area contributed by atoms with Crippen LogP contribution in [-0.4, -0.2) is 55.4 Å². The topological polar surface area (TPSA) is 85.9 Å². The molecular weight excluding hydrogens is 523 g/mol. The minimum atomic E-state index is -0.640. The van der Waals surface area contributed by atoms with Gasteiger partial charge in [-0.15, -0.1) is 5.10 Å². The number of carbonyl (C=O) groups is 1. The van der Waals surface area contributed by atoms with Crippen LogP contribution in [0.15, 0.2) is 71.9 Å². The second-order valence-corrected chi connectivity index (χ2v) is 10.6. The molecule has 0 amide bonds. The number of hydrogen-bond donors (Lipinski definition) is 0. The summed E-state index contributed by atoms with van der Waals surface area (Å²) in [6.45, 7) is 2.06. The molecule has 0 radical (unpaired) electrons. The maximum absolute atomic E-state index is 13.5. The quantitative estimate of drug-likeness (QED) is 0.295. The van der Waals surface area contributed by atoms with Crippen LogP contribution in [0.3, 0.4) is 0 Å². The average molecular weight is 551 g/mol. The van der Waals surface area contributed by atoms with Crippen LogP contribution in [0.1, 0.15) is 30.9 Å². The molecule has 196 valence electrons. The maximum Gasteiger partial charge on any atom is 0.254 e. The van der Waals surface area contributed by atoms with Crippen molar-refractivity contribution in [2.24, 2.45) is 5.92 Å². The number of benzene rings is 2. The largest absolute Gasteiger partial charge is 0.306 e. The van der Waals surface area contributed by atoms with Crippen LogP contribution in [-0.2, 0) is 11.2 Å². The van der Waals surface area contributed by atoms with Crippen molar-refractivity contribution in [2.45, 2.75) is 31.7 Å². The summed E-state index contributed by atoms with van der Waals surface area (Å²) in [6.07, 6.45) is 5.79. The smallest absolute Gasteiger partial charge is 0.254 e. The molecule has 0 spiro atoms. The fourth-order valence-electron chi connectivity index (χ4n) is 5.05. The van der Waals surface area contributed by atoms with E-state index in [1.807, 2.05) is 30.3 Å². The molecule has 0 bridgehead atoms. The summed E-state index contributed by atoms with van der Waals surface area (Å²) in [7, 11) is 2.11. The molecule has 1 saturated heterocycles. The molecule has 2 atom stereocenters. The second kappa shape index (κ2) is 11.6. The Labute approximate surface area is 230 Å². The number of ketones is 1. The van der Waals surface area contributed by atoms with E-state index in [0.29, 0.717) is 40.7 Å². The zero-order valence-electron chi connectivity index (χ0n) is 21.0. The van der Waals surface area contributed by atoms with Crippen LogP contribution in [0.5, 0.6) is 0 Å². The lowest BCUT2D eigenvalue weighted by Crippen LogP contribution is -2.31. The summed E-state index contributed by atoms with van der Waals surface area (Å²) < 4.78 is 2.96. The molecule has 10 heteroatoms. The highest BCUT2D eigenvalue weighted by Gasteiger charge is 2.26.